The summed E-state index contributed by atoms with van der Waals surface area (Å²) >= 11 is 1.63. The van der Waals surface area contributed by atoms with E-state index in [1.807, 2.05) is 6.07 Å². The number of thiophene rings is 1. The van der Waals surface area contributed by atoms with E-state index in [1.165, 1.54) is 27.1 Å². The van der Waals surface area contributed by atoms with Crippen molar-refractivity contribution in [1.29, 1.82) is 0 Å². The van der Waals surface area contributed by atoms with E-state index >= 15 is 0 Å². The number of fused-ring (bicyclic) bond motifs is 5. The highest BCUT2D eigenvalue weighted by atomic mass is 32.1. The van der Waals surface area contributed by atoms with Crippen LogP contribution in [0.25, 0.3) is 10.4 Å². The molecule has 0 aliphatic heterocycles. The fourth-order valence-electron chi connectivity index (χ4n) is 4.63. The minimum Gasteiger partial charge on any atom is -0.304 e. The van der Waals surface area contributed by atoms with Gasteiger partial charge in [-0.1, -0.05) is 26.0 Å². The summed E-state index contributed by atoms with van der Waals surface area (Å²) in [5.74, 6) is 0.857. The Labute approximate surface area is 165 Å². The number of carbonyl (C=O) groups excluding carboxylic acids is 2. The minimum absolute atomic E-state index is 0.141. The minimum atomic E-state index is 0.141. The number of hydrogen-bond donors (Lipinski definition) is 0. The molecule has 4 heteroatoms. The molecule has 4 rings (SSSR count). The summed E-state index contributed by atoms with van der Waals surface area (Å²) < 4.78 is 0. The van der Waals surface area contributed by atoms with E-state index in [2.05, 4.69) is 30.9 Å². The maximum absolute atomic E-state index is 12.2. The van der Waals surface area contributed by atoms with E-state index in [4.69, 9.17) is 0 Å². The summed E-state index contributed by atoms with van der Waals surface area (Å²) in [4.78, 5) is 28.9. The van der Waals surface area contributed by atoms with Gasteiger partial charge in [-0.15, -0.1) is 11.3 Å². The van der Waals surface area contributed by atoms with Gasteiger partial charge in [0.15, 0.2) is 11.6 Å². The van der Waals surface area contributed by atoms with Crippen LogP contribution in [0.15, 0.2) is 18.2 Å². The molecule has 0 saturated heterocycles. The summed E-state index contributed by atoms with van der Waals surface area (Å²) in [6, 6.07) is 6.33. The van der Waals surface area contributed by atoms with Gasteiger partial charge in [0.25, 0.3) is 0 Å². The summed E-state index contributed by atoms with van der Waals surface area (Å²) in [6.45, 7) is 9.31. The zero-order valence-corrected chi connectivity index (χ0v) is 17.2. The molecule has 1 unspecified atom stereocenters. The van der Waals surface area contributed by atoms with Crippen molar-refractivity contribution in [2.45, 2.75) is 52.4 Å². The third-order valence-corrected chi connectivity index (χ3v) is 7.50. The fraction of sp³-hybridized carbons (Fsp3) is 0.478. The average molecular weight is 382 g/mol. The molecule has 0 radical (unpaired) electrons. The molecular formula is C23H27NO2S. The zero-order chi connectivity index (χ0) is 19.1. The van der Waals surface area contributed by atoms with Crippen LogP contribution in [0.1, 0.15) is 76.3 Å². The van der Waals surface area contributed by atoms with E-state index in [1.54, 1.807) is 18.3 Å². The van der Waals surface area contributed by atoms with Crippen LogP contribution in [0.5, 0.6) is 0 Å². The zero-order valence-electron chi connectivity index (χ0n) is 16.4. The molecule has 0 bridgehead atoms. The van der Waals surface area contributed by atoms with Gasteiger partial charge >= 0.3 is 0 Å². The topological polar surface area (TPSA) is 37.4 Å². The van der Waals surface area contributed by atoms with E-state index in [9.17, 15) is 9.59 Å². The number of hydrogen-bond acceptors (Lipinski definition) is 4. The molecule has 2 aliphatic carbocycles. The van der Waals surface area contributed by atoms with Gasteiger partial charge in [-0.3, -0.25) is 9.59 Å². The summed E-state index contributed by atoms with van der Waals surface area (Å²) in [5, 5.41) is 0. The maximum Gasteiger partial charge on any atom is 0.169 e. The molecule has 1 aromatic heterocycles. The normalized spacial score (nSPS) is 17.8. The molecule has 142 valence electrons. The van der Waals surface area contributed by atoms with E-state index in [-0.39, 0.29) is 11.6 Å². The highest BCUT2D eigenvalue weighted by Crippen LogP contribution is 2.49. The largest absolute Gasteiger partial charge is 0.304 e. The molecule has 2 aliphatic rings. The highest BCUT2D eigenvalue weighted by Gasteiger charge is 2.33. The second-order valence-electron chi connectivity index (χ2n) is 7.72. The Morgan fingerprint density at radius 1 is 1.22 bits per heavy atom. The first kappa shape index (κ1) is 18.6. The lowest BCUT2D eigenvalue weighted by Crippen LogP contribution is -2.26. The lowest BCUT2D eigenvalue weighted by Gasteiger charge is -2.29. The Kier molecular flexibility index (Phi) is 5.04. The molecule has 0 spiro atoms. The van der Waals surface area contributed by atoms with Crippen molar-refractivity contribution in [2.24, 2.45) is 0 Å². The summed E-state index contributed by atoms with van der Waals surface area (Å²) in [5.41, 5.74) is 6.08. The Balaban J connectivity index is 1.77. The number of Topliss-reactive ketones (excluding diaryl/α,β-unsaturated/α-hetero) is 2. The lowest BCUT2D eigenvalue weighted by molar-refractivity contribution is 0.0992. The average Bonchev–Trinajstić information content (AvgIpc) is 3.27. The van der Waals surface area contributed by atoms with Gasteiger partial charge in [0.1, 0.15) is 0 Å². The third-order valence-electron chi connectivity index (χ3n) is 6.23. The monoisotopic (exact) mass is 381 g/mol. The van der Waals surface area contributed by atoms with Crippen LogP contribution >= 0.6 is 11.3 Å². The van der Waals surface area contributed by atoms with Crippen molar-refractivity contribution in [3.8, 4) is 10.4 Å². The SMILES string of the molecule is CCN(CC)CCC1Cc2ccc3c(c2-c2sc(C(C)=O)cc21)CCC3=O. The molecule has 0 amide bonds. The van der Waals surface area contributed by atoms with Gasteiger partial charge in [-0.05, 0) is 80.1 Å². The summed E-state index contributed by atoms with van der Waals surface area (Å²) in [7, 11) is 0. The van der Waals surface area contributed by atoms with Crippen molar-refractivity contribution >= 4 is 22.9 Å². The second kappa shape index (κ2) is 7.33. The van der Waals surface area contributed by atoms with Gasteiger partial charge in [-0.25, -0.2) is 0 Å². The first-order valence-electron chi connectivity index (χ1n) is 10.1. The van der Waals surface area contributed by atoms with Crippen LogP contribution in [0, 0.1) is 0 Å². The highest BCUT2D eigenvalue weighted by molar-refractivity contribution is 7.17. The van der Waals surface area contributed by atoms with Crippen molar-refractivity contribution in [3.05, 3.63) is 45.3 Å². The molecular weight excluding hydrogens is 354 g/mol. The van der Waals surface area contributed by atoms with Crippen molar-refractivity contribution < 1.29 is 9.59 Å². The van der Waals surface area contributed by atoms with Crippen molar-refractivity contribution in [3.63, 3.8) is 0 Å². The molecule has 0 saturated carbocycles. The van der Waals surface area contributed by atoms with E-state index in [0.29, 0.717) is 12.3 Å². The standard InChI is InChI=1S/C23H27NO2S/c1-4-24(5-2)11-10-15-12-16-6-7-17-18(8-9-20(17)26)22(16)23-19(15)13-21(27-23)14(3)25/h6-7,13,15H,4-5,8-12H2,1-3H3. The van der Waals surface area contributed by atoms with Crippen LogP contribution in [0.4, 0.5) is 0 Å². The maximum atomic E-state index is 12.2. The van der Waals surface area contributed by atoms with Crippen molar-refractivity contribution in [2.75, 3.05) is 19.6 Å². The van der Waals surface area contributed by atoms with E-state index in [0.717, 1.165) is 49.3 Å². The molecule has 0 N–H and O–H groups in total. The van der Waals surface area contributed by atoms with Gasteiger partial charge in [0.05, 0.1) is 4.88 Å². The first-order valence-corrected chi connectivity index (χ1v) is 10.9. The van der Waals surface area contributed by atoms with Crippen LogP contribution in [0.3, 0.4) is 0 Å². The molecule has 1 aromatic carbocycles. The second-order valence-corrected chi connectivity index (χ2v) is 8.77. The molecule has 1 heterocycles. The van der Waals surface area contributed by atoms with Gasteiger partial charge in [0, 0.05) is 16.9 Å². The van der Waals surface area contributed by atoms with Crippen LogP contribution in [0.2, 0.25) is 0 Å². The predicted octanol–water partition coefficient (Wildman–Crippen LogP) is 5.12. The van der Waals surface area contributed by atoms with Gasteiger partial charge < -0.3 is 4.90 Å². The quantitative estimate of drug-likeness (QED) is 0.652. The molecule has 0 fully saturated rings. The number of carbonyl (C=O) groups is 2. The Morgan fingerprint density at radius 2 is 2.00 bits per heavy atom. The molecule has 2 aromatic rings. The van der Waals surface area contributed by atoms with E-state index < -0.39 is 0 Å². The summed E-state index contributed by atoms with van der Waals surface area (Å²) in [6.07, 6.45) is 3.59. The fourth-order valence-corrected chi connectivity index (χ4v) is 5.88. The Morgan fingerprint density at radius 3 is 2.70 bits per heavy atom. The molecule has 1 atom stereocenters. The molecule has 27 heavy (non-hydrogen) atoms. The Bertz CT molecular complexity index is 907. The van der Waals surface area contributed by atoms with Crippen LogP contribution in [-0.4, -0.2) is 36.1 Å². The first-order chi connectivity index (χ1) is 13.0. The molecule has 3 nitrogen and oxygen atoms in total. The Hall–Kier alpha value is -1.78. The lowest BCUT2D eigenvalue weighted by atomic mass is 9.79. The van der Waals surface area contributed by atoms with Crippen LogP contribution in [-0.2, 0) is 12.8 Å². The van der Waals surface area contributed by atoms with Crippen LogP contribution < -0.4 is 0 Å². The van der Waals surface area contributed by atoms with Gasteiger partial charge in [-0.2, -0.15) is 0 Å². The smallest absolute Gasteiger partial charge is 0.169 e. The predicted molar refractivity (Wildman–Crippen MR) is 111 cm³/mol. The van der Waals surface area contributed by atoms with Crippen molar-refractivity contribution in [1.82, 2.24) is 4.90 Å². The van der Waals surface area contributed by atoms with Gasteiger partial charge in [0.2, 0.25) is 0 Å². The number of nitrogens with zero attached hydrogens (tertiary/aromatic N) is 1. The number of rotatable bonds is 6. The number of benzene rings is 1. The number of ketones is 2. The third kappa shape index (κ3) is 3.19.